The number of aromatic amines is 1. The summed E-state index contributed by atoms with van der Waals surface area (Å²) in [5, 5.41) is 9.60. The average Bonchev–Trinajstić information content (AvgIpc) is 2.97. The highest BCUT2D eigenvalue weighted by atomic mass is 16.2. The fourth-order valence-corrected chi connectivity index (χ4v) is 4.49. The van der Waals surface area contributed by atoms with E-state index in [0.717, 1.165) is 12.8 Å². The Balaban J connectivity index is 1.38. The first-order valence-electron chi connectivity index (χ1n) is 10.9. The van der Waals surface area contributed by atoms with Crippen molar-refractivity contribution in [1.29, 1.82) is 5.26 Å². The minimum absolute atomic E-state index is 0.0227. The van der Waals surface area contributed by atoms with Crippen LogP contribution in [0.1, 0.15) is 43.2 Å². The maximum atomic E-state index is 12.6. The van der Waals surface area contributed by atoms with Crippen molar-refractivity contribution in [2.24, 2.45) is 0 Å². The number of hydrogen-bond acceptors (Lipinski definition) is 6. The third-order valence-corrected chi connectivity index (χ3v) is 6.23. The molecule has 0 aliphatic carbocycles. The van der Waals surface area contributed by atoms with Gasteiger partial charge >= 0.3 is 0 Å². The van der Waals surface area contributed by atoms with Gasteiger partial charge in [-0.1, -0.05) is 36.4 Å². The van der Waals surface area contributed by atoms with Crippen LogP contribution in [0.15, 0.2) is 53.3 Å². The maximum absolute atomic E-state index is 12.6. The average molecular weight is 439 g/mol. The molecule has 0 bridgehead atoms. The normalized spacial score (nSPS) is 15.1. The molecule has 0 atom stereocenters. The fourth-order valence-electron chi connectivity index (χ4n) is 4.49. The minimum Gasteiger partial charge on any atom is -0.355 e. The van der Waals surface area contributed by atoms with Gasteiger partial charge in [0.25, 0.3) is 17.4 Å². The zero-order valence-corrected chi connectivity index (χ0v) is 17.9. The number of nitriles is 1. The van der Waals surface area contributed by atoms with Crippen LogP contribution in [0, 0.1) is 11.3 Å². The number of carbonyl (C=O) groups is 2. The second kappa shape index (κ2) is 8.36. The minimum atomic E-state index is -0.512. The van der Waals surface area contributed by atoms with Crippen LogP contribution in [0.4, 0.5) is 5.82 Å². The first kappa shape index (κ1) is 20.6. The van der Waals surface area contributed by atoms with Crippen LogP contribution < -0.4 is 10.5 Å². The standard InChI is InChI=1S/C25H21N5O3/c26-15-20-22(29-12-9-16-5-1-2-6-17(16)10-13-29)27-21(28-23(20)31)11-14-30-24(32)18-7-3-4-8-19(18)25(30)33/h1-8H,9-14H2,(H,27,28,31). The maximum Gasteiger partial charge on any atom is 0.271 e. The lowest BCUT2D eigenvalue weighted by molar-refractivity contribution is 0.0655. The van der Waals surface area contributed by atoms with Crippen LogP contribution >= 0.6 is 0 Å². The molecule has 0 spiro atoms. The Hall–Kier alpha value is -4.25. The van der Waals surface area contributed by atoms with Crippen molar-refractivity contribution in [2.75, 3.05) is 24.5 Å². The van der Waals surface area contributed by atoms with Gasteiger partial charge in [0.1, 0.15) is 11.9 Å². The molecule has 33 heavy (non-hydrogen) atoms. The summed E-state index contributed by atoms with van der Waals surface area (Å²) >= 11 is 0. The third kappa shape index (κ3) is 3.68. The highest BCUT2D eigenvalue weighted by Gasteiger charge is 2.34. The lowest BCUT2D eigenvalue weighted by Gasteiger charge is -2.23. The van der Waals surface area contributed by atoms with E-state index in [2.05, 4.69) is 22.1 Å². The number of rotatable bonds is 4. The Kier molecular flexibility index (Phi) is 5.23. The van der Waals surface area contributed by atoms with E-state index < -0.39 is 5.56 Å². The Labute approximate surface area is 190 Å². The van der Waals surface area contributed by atoms with Crippen LogP contribution in [0.2, 0.25) is 0 Å². The van der Waals surface area contributed by atoms with Crippen molar-refractivity contribution in [3.8, 4) is 6.07 Å². The fraction of sp³-hybridized carbons (Fsp3) is 0.240. The second-order valence-electron chi connectivity index (χ2n) is 8.14. The van der Waals surface area contributed by atoms with Crippen LogP contribution in [-0.2, 0) is 19.3 Å². The van der Waals surface area contributed by atoms with Crippen molar-refractivity contribution in [3.05, 3.63) is 92.5 Å². The van der Waals surface area contributed by atoms with Gasteiger partial charge in [-0.3, -0.25) is 19.3 Å². The van der Waals surface area contributed by atoms with Crippen LogP contribution in [-0.4, -0.2) is 46.3 Å². The van der Waals surface area contributed by atoms with Crippen LogP contribution in [0.25, 0.3) is 0 Å². The summed E-state index contributed by atoms with van der Waals surface area (Å²) in [4.78, 5) is 48.3. The molecule has 5 rings (SSSR count). The second-order valence-corrected chi connectivity index (χ2v) is 8.14. The summed E-state index contributed by atoms with van der Waals surface area (Å²) in [5.41, 5.74) is 2.75. The third-order valence-electron chi connectivity index (χ3n) is 6.23. The van der Waals surface area contributed by atoms with E-state index in [1.165, 1.54) is 16.0 Å². The van der Waals surface area contributed by atoms with Crippen molar-refractivity contribution in [2.45, 2.75) is 19.3 Å². The zero-order chi connectivity index (χ0) is 22.9. The summed E-state index contributed by atoms with van der Waals surface area (Å²) in [6.45, 7) is 1.37. The van der Waals surface area contributed by atoms with Crippen molar-refractivity contribution < 1.29 is 9.59 Å². The molecule has 1 aromatic heterocycles. The van der Waals surface area contributed by atoms with Crippen molar-refractivity contribution in [3.63, 3.8) is 0 Å². The van der Waals surface area contributed by atoms with Crippen LogP contribution in [0.5, 0.6) is 0 Å². The van der Waals surface area contributed by atoms with Gasteiger partial charge in [0.15, 0.2) is 11.4 Å². The molecular formula is C25H21N5O3. The van der Waals surface area contributed by atoms with Gasteiger partial charge in [-0.05, 0) is 36.1 Å². The van der Waals surface area contributed by atoms with E-state index in [1.807, 2.05) is 23.1 Å². The number of fused-ring (bicyclic) bond motifs is 2. The first-order valence-corrected chi connectivity index (χ1v) is 10.9. The molecule has 164 valence electrons. The topological polar surface area (TPSA) is 110 Å². The molecule has 0 saturated carbocycles. The van der Waals surface area contributed by atoms with E-state index in [1.54, 1.807) is 24.3 Å². The quantitative estimate of drug-likeness (QED) is 0.624. The lowest BCUT2D eigenvalue weighted by atomic mass is 10.0. The lowest BCUT2D eigenvalue weighted by Crippen LogP contribution is -2.34. The number of nitrogens with one attached hydrogen (secondary N) is 1. The Morgan fingerprint density at radius 2 is 1.48 bits per heavy atom. The van der Waals surface area contributed by atoms with Gasteiger partial charge in [0.2, 0.25) is 0 Å². The molecule has 8 heteroatoms. The predicted octanol–water partition coefficient (Wildman–Crippen LogP) is 2.09. The largest absolute Gasteiger partial charge is 0.355 e. The molecule has 1 N–H and O–H groups in total. The summed E-state index contributed by atoms with van der Waals surface area (Å²) in [6, 6.07) is 16.9. The molecule has 3 aromatic rings. The molecule has 8 nitrogen and oxygen atoms in total. The van der Waals surface area contributed by atoms with Gasteiger partial charge in [0, 0.05) is 26.1 Å². The number of H-pyrrole nitrogens is 1. The van der Waals surface area contributed by atoms with E-state index in [9.17, 15) is 19.6 Å². The zero-order valence-electron chi connectivity index (χ0n) is 17.9. The number of amides is 2. The first-order chi connectivity index (χ1) is 16.1. The highest BCUT2D eigenvalue weighted by molar-refractivity contribution is 6.21. The molecule has 2 aliphatic rings. The number of nitrogens with zero attached hydrogens (tertiary/aromatic N) is 4. The Morgan fingerprint density at radius 3 is 2.06 bits per heavy atom. The van der Waals surface area contributed by atoms with E-state index in [-0.39, 0.29) is 30.3 Å². The SMILES string of the molecule is N#Cc1c(N2CCc3ccccc3CC2)nc(CCN2C(=O)c3ccccc3C2=O)[nH]c1=O. The molecule has 0 unspecified atom stereocenters. The van der Waals surface area contributed by atoms with Crippen molar-refractivity contribution >= 4 is 17.6 Å². The Bertz CT molecular complexity index is 1310. The molecule has 0 saturated heterocycles. The highest BCUT2D eigenvalue weighted by Crippen LogP contribution is 2.24. The molecule has 2 amide bonds. The monoisotopic (exact) mass is 439 g/mol. The van der Waals surface area contributed by atoms with Gasteiger partial charge in [-0.25, -0.2) is 4.98 Å². The summed E-state index contributed by atoms with van der Waals surface area (Å²) in [5.74, 6) is -0.00655. The summed E-state index contributed by atoms with van der Waals surface area (Å²) in [7, 11) is 0. The molecule has 2 aliphatic heterocycles. The number of hydrogen-bond donors (Lipinski definition) is 1. The number of carbonyl (C=O) groups excluding carboxylic acids is 2. The molecular weight excluding hydrogens is 418 g/mol. The van der Waals surface area contributed by atoms with E-state index >= 15 is 0 Å². The summed E-state index contributed by atoms with van der Waals surface area (Å²) < 4.78 is 0. The number of aromatic nitrogens is 2. The van der Waals surface area contributed by atoms with Crippen molar-refractivity contribution in [1.82, 2.24) is 14.9 Å². The van der Waals surface area contributed by atoms with Gasteiger partial charge in [-0.15, -0.1) is 0 Å². The van der Waals surface area contributed by atoms with Crippen LogP contribution in [0.3, 0.4) is 0 Å². The molecule has 3 heterocycles. The summed E-state index contributed by atoms with van der Waals surface area (Å²) in [6.07, 6.45) is 1.77. The van der Waals surface area contributed by atoms with E-state index in [0.29, 0.717) is 35.9 Å². The van der Waals surface area contributed by atoms with Gasteiger partial charge in [0.05, 0.1) is 11.1 Å². The molecule has 0 fully saturated rings. The van der Waals surface area contributed by atoms with Gasteiger partial charge < -0.3 is 9.88 Å². The smallest absolute Gasteiger partial charge is 0.271 e. The molecule has 2 aromatic carbocycles. The van der Waals surface area contributed by atoms with E-state index in [4.69, 9.17) is 0 Å². The number of benzene rings is 2. The number of anilines is 1. The number of imide groups is 1. The Morgan fingerprint density at radius 1 is 0.909 bits per heavy atom. The predicted molar refractivity (Wildman–Crippen MR) is 121 cm³/mol. The molecule has 0 radical (unpaired) electrons. The van der Waals surface area contributed by atoms with Gasteiger partial charge in [-0.2, -0.15) is 5.26 Å².